The molecule has 0 atom stereocenters. The molecule has 13 heavy (non-hydrogen) atoms. The van der Waals surface area contributed by atoms with Crippen molar-refractivity contribution in [3.63, 3.8) is 0 Å². The number of nitrogens with zero attached hydrogens (tertiary/aromatic N) is 5. The summed E-state index contributed by atoms with van der Waals surface area (Å²) in [5, 5.41) is 10.9. The average Bonchev–Trinajstić information content (AvgIpc) is 2.65. The molecule has 0 fully saturated rings. The summed E-state index contributed by atoms with van der Waals surface area (Å²) in [5.41, 5.74) is 8.22. The van der Waals surface area contributed by atoms with Gasteiger partial charge in [-0.2, -0.15) is 0 Å². The Labute approximate surface area is 77.6 Å². The van der Waals surface area contributed by atoms with Crippen molar-refractivity contribution in [2.24, 2.45) is 5.11 Å². The van der Waals surface area contributed by atoms with Gasteiger partial charge in [0, 0.05) is 23.4 Å². The molecule has 68 valence electrons. The summed E-state index contributed by atoms with van der Waals surface area (Å²) in [6.45, 7) is 0.542. The monoisotopic (exact) mass is 198 g/mol. The smallest absolute Gasteiger partial charge is 0.272 e. The number of azide groups is 1. The Balaban J connectivity index is 2.30. The van der Waals surface area contributed by atoms with Crippen molar-refractivity contribution in [2.75, 3.05) is 13.1 Å². The van der Waals surface area contributed by atoms with Crippen molar-refractivity contribution < 1.29 is 4.79 Å². The van der Waals surface area contributed by atoms with Crippen molar-refractivity contribution in [1.29, 1.82) is 0 Å². The molecule has 0 radical (unpaired) electrons. The second-order valence-electron chi connectivity index (χ2n) is 2.00. The van der Waals surface area contributed by atoms with Crippen LogP contribution in [0.1, 0.15) is 10.5 Å². The predicted molar refractivity (Wildman–Crippen MR) is 46.3 cm³/mol. The maximum Gasteiger partial charge on any atom is 0.272 e. The Kier molecular flexibility index (Phi) is 3.68. The zero-order chi connectivity index (χ0) is 9.52. The van der Waals surface area contributed by atoms with Crippen molar-refractivity contribution >= 4 is 17.4 Å². The Hall–Kier alpha value is -1.66. The maximum atomic E-state index is 11.1. The summed E-state index contributed by atoms with van der Waals surface area (Å²) in [5.74, 6) is -0.304. The van der Waals surface area contributed by atoms with Crippen molar-refractivity contribution in [2.45, 2.75) is 0 Å². The van der Waals surface area contributed by atoms with Gasteiger partial charge in [-0.3, -0.25) is 4.79 Å². The van der Waals surface area contributed by atoms with Crippen LogP contribution in [0.2, 0.25) is 0 Å². The van der Waals surface area contributed by atoms with Crippen molar-refractivity contribution in [1.82, 2.24) is 14.9 Å². The van der Waals surface area contributed by atoms with Gasteiger partial charge in [-0.05, 0) is 17.1 Å². The molecule has 0 saturated carbocycles. The fourth-order valence-corrected chi connectivity index (χ4v) is 1.05. The Morgan fingerprint density at radius 2 is 2.69 bits per heavy atom. The molecule has 0 aliphatic heterocycles. The summed E-state index contributed by atoms with van der Waals surface area (Å²) >= 11 is 1.11. The van der Waals surface area contributed by atoms with E-state index >= 15 is 0 Å². The molecule has 0 spiro atoms. The third-order valence-corrected chi connectivity index (χ3v) is 1.66. The number of amides is 1. The molecule has 0 saturated heterocycles. The number of hydrogen-bond donors (Lipinski definition) is 1. The van der Waals surface area contributed by atoms with Crippen molar-refractivity contribution in [3.05, 3.63) is 21.5 Å². The van der Waals surface area contributed by atoms with Gasteiger partial charge in [0.1, 0.15) is 0 Å². The first-order chi connectivity index (χ1) is 6.34. The van der Waals surface area contributed by atoms with Gasteiger partial charge in [0.25, 0.3) is 5.91 Å². The van der Waals surface area contributed by atoms with Gasteiger partial charge in [0.2, 0.25) is 0 Å². The van der Waals surface area contributed by atoms with Gasteiger partial charge < -0.3 is 5.32 Å². The molecule has 8 heteroatoms. The van der Waals surface area contributed by atoms with Gasteiger partial charge in [-0.15, -0.1) is 5.10 Å². The highest BCUT2D eigenvalue weighted by molar-refractivity contribution is 7.03. The van der Waals surface area contributed by atoms with E-state index in [4.69, 9.17) is 5.53 Å². The summed E-state index contributed by atoms with van der Waals surface area (Å²) < 4.78 is 3.54. The molecule has 0 bridgehead atoms. The fraction of sp³-hybridized carbons (Fsp3) is 0.400. The molecule has 0 aliphatic carbocycles. The normalized spacial score (nSPS) is 8.92. The molecule has 1 N–H and O–H groups in total. The van der Waals surface area contributed by atoms with Gasteiger partial charge in [-0.1, -0.05) is 9.60 Å². The lowest BCUT2D eigenvalue weighted by atomic mass is 10.4. The molecule has 0 aliphatic rings. The highest BCUT2D eigenvalue weighted by Gasteiger charge is 2.06. The summed E-state index contributed by atoms with van der Waals surface area (Å²) in [6, 6.07) is 0. The van der Waals surface area contributed by atoms with E-state index in [1.807, 2.05) is 0 Å². The second kappa shape index (κ2) is 5.07. The molecule has 1 heterocycles. The molecule has 1 amide bonds. The van der Waals surface area contributed by atoms with Crippen LogP contribution in [0.4, 0.5) is 0 Å². The van der Waals surface area contributed by atoms with Crippen LogP contribution in [0.3, 0.4) is 0 Å². The molecular formula is C5H6N6OS. The van der Waals surface area contributed by atoms with Crippen LogP contribution in [0, 0.1) is 0 Å². The number of carbonyl (C=O) groups is 1. The molecular weight excluding hydrogens is 192 g/mol. The van der Waals surface area contributed by atoms with Gasteiger partial charge in [0.15, 0.2) is 5.69 Å². The fourth-order valence-electron chi connectivity index (χ4n) is 0.618. The summed E-state index contributed by atoms with van der Waals surface area (Å²) in [4.78, 5) is 13.7. The van der Waals surface area contributed by atoms with Gasteiger partial charge in [-0.25, -0.2) is 0 Å². The van der Waals surface area contributed by atoms with Crippen LogP contribution in [0.5, 0.6) is 0 Å². The first-order valence-electron chi connectivity index (χ1n) is 3.40. The molecule has 1 aromatic heterocycles. The second-order valence-corrected chi connectivity index (χ2v) is 2.61. The van der Waals surface area contributed by atoms with Crippen LogP contribution in [0.25, 0.3) is 10.4 Å². The SMILES string of the molecule is [N-]=[N+]=NCCNC(=O)c1csnn1. The quantitative estimate of drug-likeness (QED) is 0.331. The summed E-state index contributed by atoms with van der Waals surface area (Å²) in [7, 11) is 0. The van der Waals surface area contributed by atoms with Crippen LogP contribution in [-0.4, -0.2) is 28.6 Å². The standard InChI is InChI=1S/C5H6N6OS/c6-10-8-2-1-7-5(12)4-3-13-11-9-4/h3H,1-2H2,(H,7,12). The first kappa shape index (κ1) is 9.43. The Morgan fingerprint density at radius 1 is 1.85 bits per heavy atom. The van der Waals surface area contributed by atoms with E-state index in [0.29, 0.717) is 6.54 Å². The van der Waals surface area contributed by atoms with E-state index in [1.165, 1.54) is 0 Å². The van der Waals surface area contributed by atoms with Gasteiger partial charge in [0.05, 0.1) is 0 Å². The van der Waals surface area contributed by atoms with E-state index in [-0.39, 0.29) is 18.1 Å². The summed E-state index contributed by atoms with van der Waals surface area (Å²) in [6.07, 6.45) is 0. The lowest BCUT2D eigenvalue weighted by Gasteiger charge is -1.97. The number of aromatic nitrogens is 2. The van der Waals surface area contributed by atoms with E-state index < -0.39 is 0 Å². The number of nitrogens with one attached hydrogen (secondary N) is 1. The van der Waals surface area contributed by atoms with Gasteiger partial charge >= 0.3 is 0 Å². The average molecular weight is 198 g/mol. The lowest BCUT2D eigenvalue weighted by Crippen LogP contribution is -2.26. The van der Waals surface area contributed by atoms with E-state index in [0.717, 1.165) is 11.5 Å². The zero-order valence-corrected chi connectivity index (χ0v) is 7.36. The van der Waals surface area contributed by atoms with E-state index in [2.05, 4.69) is 24.9 Å². The Bertz CT molecular complexity index is 316. The first-order valence-corrected chi connectivity index (χ1v) is 4.24. The molecule has 0 aromatic carbocycles. The number of carbonyl (C=O) groups excluding carboxylic acids is 1. The van der Waals surface area contributed by atoms with E-state index in [9.17, 15) is 4.79 Å². The van der Waals surface area contributed by atoms with Crippen molar-refractivity contribution in [3.8, 4) is 0 Å². The zero-order valence-electron chi connectivity index (χ0n) is 6.54. The minimum Gasteiger partial charge on any atom is -0.350 e. The van der Waals surface area contributed by atoms with E-state index in [1.54, 1.807) is 5.38 Å². The van der Waals surface area contributed by atoms with Crippen LogP contribution in [-0.2, 0) is 0 Å². The molecule has 0 unspecified atom stereocenters. The molecule has 7 nitrogen and oxygen atoms in total. The minimum atomic E-state index is -0.304. The Morgan fingerprint density at radius 3 is 3.31 bits per heavy atom. The number of hydrogen-bond acceptors (Lipinski definition) is 5. The highest BCUT2D eigenvalue weighted by Crippen LogP contribution is 1.95. The highest BCUT2D eigenvalue weighted by atomic mass is 32.1. The third-order valence-electron chi connectivity index (χ3n) is 1.15. The maximum absolute atomic E-state index is 11.1. The lowest BCUT2D eigenvalue weighted by molar-refractivity contribution is 0.0950. The largest absolute Gasteiger partial charge is 0.350 e. The molecule has 1 rings (SSSR count). The molecule has 1 aromatic rings. The third kappa shape index (κ3) is 3.06. The predicted octanol–water partition coefficient (Wildman–Crippen LogP) is 0.578. The van der Waals surface area contributed by atoms with Crippen LogP contribution >= 0.6 is 11.5 Å². The number of rotatable bonds is 4. The van der Waals surface area contributed by atoms with Crippen LogP contribution < -0.4 is 5.32 Å². The van der Waals surface area contributed by atoms with Crippen LogP contribution in [0.15, 0.2) is 10.5 Å². The topological polar surface area (TPSA) is 104 Å². The minimum absolute atomic E-state index is 0.236.